The van der Waals surface area contributed by atoms with Gasteiger partial charge in [-0.15, -0.1) is 0 Å². The van der Waals surface area contributed by atoms with Crippen molar-refractivity contribution >= 4 is 19.0 Å². The molecule has 9 heteroatoms. The SMILES string of the molecule is O=C(O)c1cccc2c1OB(O)C(NC(=O)C1CNCCN1)C2. The second-order valence-electron chi connectivity index (χ2n) is 5.64. The van der Waals surface area contributed by atoms with Crippen LogP contribution in [-0.4, -0.2) is 60.7 Å². The number of carbonyl (C=O) groups is 2. The molecule has 5 N–H and O–H groups in total. The average Bonchev–Trinajstić information content (AvgIpc) is 2.55. The summed E-state index contributed by atoms with van der Waals surface area (Å²) in [5.74, 6) is -1.80. The van der Waals surface area contributed by atoms with Crippen molar-refractivity contribution in [2.24, 2.45) is 0 Å². The van der Waals surface area contributed by atoms with E-state index in [1.54, 1.807) is 12.1 Å². The van der Waals surface area contributed by atoms with Gasteiger partial charge in [0.15, 0.2) is 0 Å². The predicted octanol–water partition coefficient (Wildman–Crippen LogP) is -1.61. The van der Waals surface area contributed by atoms with Gasteiger partial charge in [0.1, 0.15) is 5.75 Å². The number of para-hydroxylation sites is 1. The van der Waals surface area contributed by atoms with Crippen LogP contribution >= 0.6 is 0 Å². The number of fused-ring (bicyclic) bond motifs is 1. The fourth-order valence-corrected chi connectivity index (χ4v) is 2.84. The third-order valence-corrected chi connectivity index (χ3v) is 4.03. The van der Waals surface area contributed by atoms with Crippen molar-refractivity contribution < 1.29 is 24.4 Å². The smallest absolute Gasteiger partial charge is 0.534 e. The Morgan fingerprint density at radius 3 is 2.87 bits per heavy atom. The van der Waals surface area contributed by atoms with Crippen molar-refractivity contribution in [2.75, 3.05) is 19.6 Å². The Labute approximate surface area is 133 Å². The van der Waals surface area contributed by atoms with Crippen LogP contribution in [-0.2, 0) is 11.2 Å². The third kappa shape index (κ3) is 3.31. The van der Waals surface area contributed by atoms with E-state index in [4.69, 9.17) is 9.76 Å². The van der Waals surface area contributed by atoms with Crippen LogP contribution in [0.15, 0.2) is 18.2 Å². The lowest BCUT2D eigenvalue weighted by atomic mass is 9.72. The van der Waals surface area contributed by atoms with Crippen LogP contribution in [0, 0.1) is 0 Å². The lowest BCUT2D eigenvalue weighted by molar-refractivity contribution is -0.123. The fraction of sp³-hybridized carbons (Fsp3) is 0.429. The summed E-state index contributed by atoms with van der Waals surface area (Å²) in [5.41, 5.74) is 0.653. The summed E-state index contributed by atoms with van der Waals surface area (Å²) in [6.07, 6.45) is 0.309. The molecular weight excluding hydrogens is 301 g/mol. The zero-order valence-corrected chi connectivity index (χ0v) is 12.4. The molecule has 8 nitrogen and oxygen atoms in total. The van der Waals surface area contributed by atoms with Crippen LogP contribution in [0.4, 0.5) is 0 Å². The van der Waals surface area contributed by atoms with Crippen LogP contribution in [0.1, 0.15) is 15.9 Å². The van der Waals surface area contributed by atoms with Crippen LogP contribution in [0.5, 0.6) is 5.75 Å². The second kappa shape index (κ2) is 6.57. The van der Waals surface area contributed by atoms with Gasteiger partial charge in [-0.2, -0.15) is 0 Å². The molecule has 0 radical (unpaired) electrons. The van der Waals surface area contributed by atoms with Gasteiger partial charge in [-0.05, 0) is 18.1 Å². The minimum absolute atomic E-state index is 0.00414. The molecule has 2 atom stereocenters. The molecule has 0 saturated carbocycles. The molecule has 23 heavy (non-hydrogen) atoms. The molecule has 1 saturated heterocycles. The molecule has 0 spiro atoms. The first kappa shape index (κ1) is 15.8. The fourth-order valence-electron chi connectivity index (χ4n) is 2.84. The molecular formula is C14H18BN3O5. The molecule has 122 valence electrons. The summed E-state index contributed by atoms with van der Waals surface area (Å²) in [6.45, 7) is 2.03. The lowest BCUT2D eigenvalue weighted by Crippen LogP contribution is -2.61. The van der Waals surface area contributed by atoms with E-state index < -0.39 is 19.0 Å². The summed E-state index contributed by atoms with van der Waals surface area (Å²) >= 11 is 0. The third-order valence-electron chi connectivity index (χ3n) is 4.03. The first-order chi connectivity index (χ1) is 11.1. The second-order valence-corrected chi connectivity index (χ2v) is 5.64. The minimum atomic E-state index is -1.29. The van der Waals surface area contributed by atoms with E-state index in [1.165, 1.54) is 6.07 Å². The predicted molar refractivity (Wildman–Crippen MR) is 82.3 cm³/mol. The van der Waals surface area contributed by atoms with Crippen molar-refractivity contribution in [2.45, 2.75) is 18.4 Å². The summed E-state index contributed by atoms with van der Waals surface area (Å²) < 4.78 is 5.35. The molecule has 0 aliphatic carbocycles. The summed E-state index contributed by atoms with van der Waals surface area (Å²) in [4.78, 5) is 23.4. The zero-order chi connectivity index (χ0) is 16.4. The number of piperazine rings is 1. The molecule has 2 aliphatic heterocycles. The number of benzene rings is 1. The minimum Gasteiger partial charge on any atom is -0.534 e. The maximum absolute atomic E-state index is 12.2. The van der Waals surface area contributed by atoms with E-state index in [2.05, 4.69) is 16.0 Å². The lowest BCUT2D eigenvalue weighted by Gasteiger charge is -2.31. The maximum atomic E-state index is 12.2. The molecule has 2 aliphatic rings. The summed E-state index contributed by atoms with van der Waals surface area (Å²) in [7, 11) is -1.29. The van der Waals surface area contributed by atoms with E-state index in [0.717, 1.165) is 6.54 Å². The largest absolute Gasteiger partial charge is 0.547 e. The van der Waals surface area contributed by atoms with E-state index in [-0.39, 0.29) is 23.3 Å². The van der Waals surface area contributed by atoms with E-state index in [0.29, 0.717) is 25.1 Å². The highest BCUT2D eigenvalue weighted by Crippen LogP contribution is 2.30. The normalized spacial score (nSPS) is 23.6. The highest BCUT2D eigenvalue weighted by atomic mass is 16.5. The van der Waals surface area contributed by atoms with E-state index in [1.807, 2.05) is 0 Å². The summed E-state index contributed by atoms with van der Waals surface area (Å²) in [5, 5.41) is 28.2. The number of amides is 1. The van der Waals surface area contributed by atoms with Crippen molar-refractivity contribution in [3.63, 3.8) is 0 Å². The van der Waals surface area contributed by atoms with Crippen molar-refractivity contribution in [1.29, 1.82) is 0 Å². The van der Waals surface area contributed by atoms with Crippen molar-refractivity contribution in [1.82, 2.24) is 16.0 Å². The van der Waals surface area contributed by atoms with Crippen LogP contribution < -0.4 is 20.6 Å². The number of rotatable bonds is 3. The Hall–Kier alpha value is -2.10. The average molecular weight is 319 g/mol. The molecule has 2 heterocycles. The van der Waals surface area contributed by atoms with Gasteiger partial charge in [0.25, 0.3) is 0 Å². The molecule has 3 rings (SSSR count). The summed E-state index contributed by atoms with van der Waals surface area (Å²) in [6, 6.07) is 4.41. The van der Waals surface area contributed by atoms with Gasteiger partial charge in [0, 0.05) is 19.6 Å². The highest BCUT2D eigenvalue weighted by Gasteiger charge is 2.38. The van der Waals surface area contributed by atoms with Gasteiger partial charge >= 0.3 is 13.1 Å². The van der Waals surface area contributed by atoms with Gasteiger partial charge in [-0.1, -0.05) is 12.1 Å². The van der Waals surface area contributed by atoms with Gasteiger partial charge in [-0.3, -0.25) is 4.79 Å². The Balaban J connectivity index is 1.72. The Morgan fingerprint density at radius 2 is 2.17 bits per heavy atom. The van der Waals surface area contributed by atoms with Gasteiger partial charge in [0.2, 0.25) is 5.91 Å². The standard InChI is InChI=1S/C14H18BN3O5/c19-13(10-7-16-4-5-17-10)18-11-6-8-2-1-3-9(14(20)21)12(8)23-15(11)22/h1-3,10-11,16-17,22H,4-7H2,(H,18,19)(H,20,21). The zero-order valence-electron chi connectivity index (χ0n) is 12.4. The number of carbonyl (C=O) groups excluding carboxylic acids is 1. The quantitative estimate of drug-likeness (QED) is 0.425. The molecule has 0 bridgehead atoms. The monoisotopic (exact) mass is 319 g/mol. The number of hydrogen-bond donors (Lipinski definition) is 5. The molecule has 1 amide bonds. The highest BCUT2D eigenvalue weighted by molar-refractivity contribution is 6.47. The Morgan fingerprint density at radius 1 is 1.35 bits per heavy atom. The number of aromatic carboxylic acids is 1. The number of carboxylic acid groups (broad SMARTS) is 1. The molecule has 1 aromatic rings. The van der Waals surface area contributed by atoms with Crippen molar-refractivity contribution in [3.8, 4) is 5.75 Å². The van der Waals surface area contributed by atoms with Gasteiger partial charge < -0.3 is 30.7 Å². The van der Waals surface area contributed by atoms with Crippen molar-refractivity contribution in [3.05, 3.63) is 29.3 Å². The van der Waals surface area contributed by atoms with E-state index in [9.17, 15) is 14.6 Å². The first-order valence-electron chi connectivity index (χ1n) is 7.50. The first-order valence-corrected chi connectivity index (χ1v) is 7.50. The van der Waals surface area contributed by atoms with E-state index >= 15 is 0 Å². The van der Waals surface area contributed by atoms with Gasteiger partial charge in [0.05, 0.1) is 17.5 Å². The number of hydrogen-bond acceptors (Lipinski definition) is 6. The van der Waals surface area contributed by atoms with Crippen LogP contribution in [0.3, 0.4) is 0 Å². The van der Waals surface area contributed by atoms with Crippen LogP contribution in [0.2, 0.25) is 0 Å². The number of nitrogens with one attached hydrogen (secondary N) is 3. The Kier molecular flexibility index (Phi) is 4.51. The molecule has 1 fully saturated rings. The molecule has 1 aromatic carbocycles. The topological polar surface area (TPSA) is 120 Å². The molecule has 2 unspecified atom stereocenters. The maximum Gasteiger partial charge on any atom is 0.547 e. The number of carboxylic acids is 1. The van der Waals surface area contributed by atoms with Crippen LogP contribution in [0.25, 0.3) is 0 Å². The van der Waals surface area contributed by atoms with Gasteiger partial charge in [-0.25, -0.2) is 4.79 Å². The Bertz CT molecular complexity index is 620. The molecule has 0 aromatic heterocycles.